The minimum Gasteiger partial charge on any atom is -0.313 e. The average Bonchev–Trinajstić information content (AvgIpc) is 2.11. The summed E-state index contributed by atoms with van der Waals surface area (Å²) in [6, 6.07) is 6.52. The van der Waals surface area contributed by atoms with Crippen LogP contribution in [0.1, 0.15) is 5.56 Å². The smallest absolute Gasteiger partial charge is 0.313 e. The predicted octanol–water partition coefficient (Wildman–Crippen LogP) is 2.11. The predicted molar refractivity (Wildman–Crippen MR) is 50.4 cm³/mol. The van der Waals surface area contributed by atoms with Crippen molar-refractivity contribution in [1.29, 1.82) is 5.26 Å². The van der Waals surface area contributed by atoms with Crippen LogP contribution in [0.4, 0.5) is 5.69 Å². The Morgan fingerprint density at radius 3 is 2.85 bits per heavy atom. The van der Waals surface area contributed by atoms with Crippen LogP contribution in [-0.2, 0) is 4.79 Å². The molecule has 0 bridgehead atoms. The maximum Gasteiger partial charge on any atom is 0.326 e. The van der Waals surface area contributed by atoms with Gasteiger partial charge in [0.1, 0.15) is 0 Å². The number of nitrogens with zero attached hydrogens (tertiary/aromatic N) is 1. The first-order valence-corrected chi connectivity index (χ1v) is 3.98. The first-order valence-electron chi connectivity index (χ1n) is 3.60. The van der Waals surface area contributed by atoms with Crippen molar-refractivity contribution < 1.29 is 4.79 Å². The molecule has 0 aromatic heterocycles. The molecule has 0 fully saturated rings. The number of carbonyl (C=O) groups excluding carboxylic acids is 1. The van der Waals surface area contributed by atoms with E-state index in [2.05, 4.69) is 5.32 Å². The number of rotatable bonds is 1. The van der Waals surface area contributed by atoms with Gasteiger partial charge in [-0.1, -0.05) is 17.7 Å². The largest absolute Gasteiger partial charge is 0.326 e. The molecule has 1 rings (SSSR count). The molecular weight excluding hydrogens is 188 g/mol. The SMILES string of the molecule is Cc1ccc(NC(=O)C#N)cc1Cl. The fourth-order valence-electron chi connectivity index (χ4n) is 0.830. The molecule has 0 saturated carbocycles. The van der Waals surface area contributed by atoms with E-state index >= 15 is 0 Å². The Morgan fingerprint density at radius 2 is 2.31 bits per heavy atom. The third-order valence-corrected chi connectivity index (χ3v) is 1.94. The van der Waals surface area contributed by atoms with Crippen LogP contribution in [0.15, 0.2) is 18.2 Å². The number of carbonyl (C=O) groups is 1. The van der Waals surface area contributed by atoms with Crippen LogP contribution in [-0.4, -0.2) is 5.91 Å². The Morgan fingerprint density at radius 1 is 1.62 bits per heavy atom. The van der Waals surface area contributed by atoms with Crippen molar-refractivity contribution in [2.24, 2.45) is 0 Å². The second-order valence-corrected chi connectivity index (χ2v) is 2.94. The lowest BCUT2D eigenvalue weighted by atomic mass is 10.2. The highest BCUT2D eigenvalue weighted by atomic mass is 35.5. The van der Waals surface area contributed by atoms with Gasteiger partial charge in [-0.05, 0) is 24.6 Å². The van der Waals surface area contributed by atoms with Crippen LogP contribution >= 0.6 is 11.6 Å². The molecule has 0 aliphatic rings. The lowest BCUT2D eigenvalue weighted by molar-refractivity contribution is -0.111. The van der Waals surface area contributed by atoms with E-state index in [9.17, 15) is 4.79 Å². The molecule has 3 nitrogen and oxygen atoms in total. The number of benzene rings is 1. The maximum atomic E-state index is 10.7. The summed E-state index contributed by atoms with van der Waals surface area (Å²) >= 11 is 5.81. The summed E-state index contributed by atoms with van der Waals surface area (Å²) in [5.74, 6) is -0.695. The zero-order valence-electron chi connectivity index (χ0n) is 6.97. The Balaban J connectivity index is 2.87. The maximum absolute atomic E-state index is 10.7. The summed E-state index contributed by atoms with van der Waals surface area (Å²) in [6.45, 7) is 1.86. The molecule has 66 valence electrons. The van der Waals surface area contributed by atoms with E-state index in [0.717, 1.165) is 5.56 Å². The molecule has 1 aromatic carbocycles. The Kier molecular flexibility index (Phi) is 2.88. The fourth-order valence-corrected chi connectivity index (χ4v) is 1.01. The molecule has 0 aliphatic carbocycles. The quantitative estimate of drug-likeness (QED) is 0.697. The van der Waals surface area contributed by atoms with Gasteiger partial charge in [0.05, 0.1) is 0 Å². The molecule has 0 spiro atoms. The van der Waals surface area contributed by atoms with Gasteiger partial charge in [-0.25, -0.2) is 0 Å². The number of hydrogen-bond donors (Lipinski definition) is 1. The Hall–Kier alpha value is -1.53. The van der Waals surface area contributed by atoms with E-state index in [1.54, 1.807) is 18.2 Å². The first-order chi connectivity index (χ1) is 6.13. The third-order valence-electron chi connectivity index (χ3n) is 1.53. The topological polar surface area (TPSA) is 52.9 Å². The van der Waals surface area contributed by atoms with E-state index in [1.165, 1.54) is 6.07 Å². The summed E-state index contributed by atoms with van der Waals surface area (Å²) < 4.78 is 0. The van der Waals surface area contributed by atoms with Crippen LogP contribution in [0, 0.1) is 18.3 Å². The molecule has 13 heavy (non-hydrogen) atoms. The molecule has 1 N–H and O–H groups in total. The van der Waals surface area contributed by atoms with Gasteiger partial charge < -0.3 is 5.32 Å². The van der Waals surface area contributed by atoms with Crippen LogP contribution in [0.3, 0.4) is 0 Å². The summed E-state index contributed by atoms with van der Waals surface area (Å²) in [6.07, 6.45) is 0. The first kappa shape index (κ1) is 9.56. The molecule has 0 radical (unpaired) electrons. The van der Waals surface area contributed by atoms with Gasteiger partial charge >= 0.3 is 5.91 Å². The molecule has 0 atom stereocenters. The van der Waals surface area contributed by atoms with E-state index in [0.29, 0.717) is 10.7 Å². The number of halogens is 1. The lowest BCUT2D eigenvalue weighted by Gasteiger charge is -2.02. The monoisotopic (exact) mass is 194 g/mol. The minimum atomic E-state index is -0.695. The normalized spacial score (nSPS) is 9.00. The Bertz CT molecular complexity index is 382. The summed E-state index contributed by atoms with van der Waals surface area (Å²) in [5, 5.41) is 11.2. The van der Waals surface area contributed by atoms with E-state index in [1.807, 2.05) is 6.92 Å². The van der Waals surface area contributed by atoms with Crippen molar-refractivity contribution in [3.05, 3.63) is 28.8 Å². The van der Waals surface area contributed by atoms with Crippen LogP contribution in [0.2, 0.25) is 5.02 Å². The highest BCUT2D eigenvalue weighted by Crippen LogP contribution is 2.19. The standard InChI is InChI=1S/C9H7ClN2O/c1-6-2-3-7(4-8(6)10)12-9(13)5-11/h2-4H,1H3,(H,12,13). The highest BCUT2D eigenvalue weighted by molar-refractivity contribution is 6.31. The van der Waals surface area contributed by atoms with Crippen molar-refractivity contribution >= 4 is 23.2 Å². The van der Waals surface area contributed by atoms with Crippen molar-refractivity contribution in [3.63, 3.8) is 0 Å². The molecule has 0 heterocycles. The van der Waals surface area contributed by atoms with Gasteiger partial charge in [0.15, 0.2) is 6.07 Å². The second-order valence-electron chi connectivity index (χ2n) is 2.53. The zero-order chi connectivity index (χ0) is 9.84. The average molecular weight is 195 g/mol. The molecule has 0 unspecified atom stereocenters. The van der Waals surface area contributed by atoms with E-state index < -0.39 is 5.91 Å². The van der Waals surface area contributed by atoms with Crippen LogP contribution < -0.4 is 5.32 Å². The number of hydrogen-bond acceptors (Lipinski definition) is 2. The van der Waals surface area contributed by atoms with E-state index in [-0.39, 0.29) is 0 Å². The summed E-state index contributed by atoms with van der Waals surface area (Å²) in [5.41, 5.74) is 1.46. The Labute approximate surface area is 80.9 Å². The summed E-state index contributed by atoms with van der Waals surface area (Å²) in [4.78, 5) is 10.7. The van der Waals surface area contributed by atoms with Gasteiger partial charge in [0.25, 0.3) is 0 Å². The third kappa shape index (κ3) is 2.46. The molecule has 1 aromatic rings. The molecule has 4 heteroatoms. The highest BCUT2D eigenvalue weighted by Gasteiger charge is 2.01. The van der Waals surface area contributed by atoms with Crippen molar-refractivity contribution in [2.45, 2.75) is 6.92 Å². The summed E-state index contributed by atoms with van der Waals surface area (Å²) in [7, 11) is 0. The minimum absolute atomic E-state index is 0.530. The fraction of sp³-hybridized carbons (Fsp3) is 0.111. The van der Waals surface area contributed by atoms with Gasteiger partial charge in [-0.2, -0.15) is 5.26 Å². The molecule has 0 saturated heterocycles. The number of nitrogens with one attached hydrogen (secondary N) is 1. The lowest BCUT2D eigenvalue weighted by Crippen LogP contribution is -2.07. The van der Waals surface area contributed by atoms with Crippen molar-refractivity contribution in [2.75, 3.05) is 5.32 Å². The number of aryl methyl sites for hydroxylation is 1. The van der Waals surface area contributed by atoms with Crippen LogP contribution in [0.5, 0.6) is 0 Å². The van der Waals surface area contributed by atoms with Crippen molar-refractivity contribution in [3.8, 4) is 6.07 Å². The van der Waals surface area contributed by atoms with E-state index in [4.69, 9.17) is 16.9 Å². The van der Waals surface area contributed by atoms with Gasteiger partial charge in [0, 0.05) is 10.7 Å². The van der Waals surface area contributed by atoms with Crippen LogP contribution in [0.25, 0.3) is 0 Å². The zero-order valence-corrected chi connectivity index (χ0v) is 7.72. The number of amides is 1. The second kappa shape index (κ2) is 3.92. The van der Waals surface area contributed by atoms with Gasteiger partial charge in [-0.15, -0.1) is 0 Å². The van der Waals surface area contributed by atoms with Gasteiger partial charge in [-0.3, -0.25) is 4.79 Å². The number of anilines is 1. The van der Waals surface area contributed by atoms with Crippen molar-refractivity contribution in [1.82, 2.24) is 0 Å². The molecule has 1 amide bonds. The molecular formula is C9H7ClN2O. The molecule has 0 aliphatic heterocycles. The number of nitriles is 1. The van der Waals surface area contributed by atoms with Gasteiger partial charge in [0.2, 0.25) is 0 Å².